The van der Waals surface area contributed by atoms with E-state index in [0.717, 1.165) is 16.7 Å². The largest absolute Gasteiger partial charge is 0.493 e. The van der Waals surface area contributed by atoms with E-state index in [1.54, 1.807) is 101 Å². The first-order chi connectivity index (χ1) is 28.2. The van der Waals surface area contributed by atoms with E-state index in [0.29, 0.717) is 71.3 Å². The van der Waals surface area contributed by atoms with Gasteiger partial charge in [0.15, 0.2) is 11.6 Å². The van der Waals surface area contributed by atoms with Crippen molar-refractivity contribution in [2.24, 2.45) is 26.1 Å². The fraction of sp³-hybridized carbons (Fsp3) is 0.279. The number of aromatic nitrogens is 4. The summed E-state index contributed by atoms with van der Waals surface area (Å²) in [7, 11) is 5.09. The van der Waals surface area contributed by atoms with Crippen molar-refractivity contribution in [1.29, 1.82) is 0 Å². The van der Waals surface area contributed by atoms with Crippen molar-refractivity contribution < 1.29 is 28.7 Å². The van der Waals surface area contributed by atoms with E-state index >= 15 is 0 Å². The Kier molecular flexibility index (Phi) is 11.3. The molecule has 5 N–H and O–H groups in total. The van der Waals surface area contributed by atoms with Crippen LogP contribution in [0.3, 0.4) is 0 Å². The van der Waals surface area contributed by atoms with Gasteiger partial charge >= 0.3 is 0 Å². The number of imidazole rings is 1. The minimum Gasteiger partial charge on any atom is -0.493 e. The Morgan fingerprint density at radius 3 is 2.44 bits per heavy atom. The summed E-state index contributed by atoms with van der Waals surface area (Å²) in [6.45, 7) is 7.00. The van der Waals surface area contributed by atoms with Gasteiger partial charge in [-0.25, -0.2) is 4.98 Å². The number of carbonyl (C=O) groups excluding carboxylic acids is 5. The van der Waals surface area contributed by atoms with E-state index in [1.165, 1.54) is 0 Å². The molecule has 0 saturated carbocycles. The average Bonchev–Trinajstić information content (AvgIpc) is 3.95. The SMILES string of the molecule is C=C1C[C@H]2C=Nc3cc(OCCCC(=O)Nc4cn(C)c(C(=O)Cc5cc(C(=O)Nc6cc(C(=O)NCc7ccc(N)cc7)n(C)c6)n(C)c5)n4)c(C)cc3C(=O)N2C1. The van der Waals surface area contributed by atoms with Crippen LogP contribution in [0.1, 0.15) is 77.9 Å². The molecule has 7 rings (SSSR count). The average molecular weight is 799 g/mol. The fourth-order valence-electron chi connectivity index (χ4n) is 7.20. The van der Waals surface area contributed by atoms with Gasteiger partial charge in [-0.15, -0.1) is 0 Å². The molecule has 1 fully saturated rings. The number of fused-ring (bicyclic) bond motifs is 2. The van der Waals surface area contributed by atoms with E-state index in [1.807, 2.05) is 19.1 Å². The Bertz CT molecular complexity index is 2520. The summed E-state index contributed by atoms with van der Waals surface area (Å²) in [6, 6.07) is 13.9. The summed E-state index contributed by atoms with van der Waals surface area (Å²) in [5.41, 5.74) is 11.9. The number of aliphatic imine (C=N–C) groups is 1. The molecule has 3 aromatic heterocycles. The van der Waals surface area contributed by atoms with Gasteiger partial charge in [0.05, 0.1) is 29.6 Å². The molecule has 0 bridgehead atoms. The number of rotatable bonds is 14. The van der Waals surface area contributed by atoms with Crippen LogP contribution in [0.5, 0.6) is 5.75 Å². The lowest BCUT2D eigenvalue weighted by molar-refractivity contribution is -0.116. The van der Waals surface area contributed by atoms with E-state index in [4.69, 9.17) is 10.5 Å². The molecule has 304 valence electrons. The van der Waals surface area contributed by atoms with Crippen molar-refractivity contribution >= 4 is 58.5 Å². The molecule has 2 aliphatic heterocycles. The molecule has 5 heterocycles. The number of ether oxygens (including phenoxy) is 1. The van der Waals surface area contributed by atoms with Crippen LogP contribution in [0.25, 0.3) is 0 Å². The first kappa shape index (κ1) is 40.0. The number of nitrogens with two attached hydrogens (primary N) is 1. The summed E-state index contributed by atoms with van der Waals surface area (Å²) in [4.78, 5) is 76.2. The molecular formula is C43H46N10O6. The van der Waals surface area contributed by atoms with Crippen molar-refractivity contribution in [3.8, 4) is 5.75 Å². The smallest absolute Gasteiger partial charge is 0.272 e. The number of hydrogen-bond donors (Lipinski definition) is 4. The third kappa shape index (κ3) is 9.01. The number of anilines is 3. The van der Waals surface area contributed by atoms with Crippen molar-refractivity contribution in [3.05, 3.63) is 119 Å². The Morgan fingerprint density at radius 2 is 1.66 bits per heavy atom. The van der Waals surface area contributed by atoms with Crippen molar-refractivity contribution in [2.75, 3.05) is 29.5 Å². The van der Waals surface area contributed by atoms with Gasteiger partial charge in [0, 0.05) is 83.6 Å². The summed E-state index contributed by atoms with van der Waals surface area (Å²) in [5.74, 6) is -0.393. The lowest BCUT2D eigenvalue weighted by atomic mass is 10.1. The van der Waals surface area contributed by atoms with Crippen molar-refractivity contribution in [1.82, 2.24) is 28.9 Å². The number of carbonyl (C=O) groups is 5. The molecule has 0 aliphatic carbocycles. The predicted octanol–water partition coefficient (Wildman–Crippen LogP) is 4.88. The van der Waals surface area contributed by atoms with E-state index in [9.17, 15) is 24.0 Å². The monoisotopic (exact) mass is 798 g/mol. The number of amides is 4. The zero-order valence-corrected chi connectivity index (χ0v) is 33.4. The molecule has 16 nitrogen and oxygen atoms in total. The second-order valence-corrected chi connectivity index (χ2v) is 15.0. The van der Waals surface area contributed by atoms with E-state index in [-0.39, 0.29) is 60.6 Å². The standard InChI is InChI=1S/C43H46N10O6/c1-25-13-31-20-45-33-18-37(26(2)14-32(33)43(58)53(31)21-25)59-12-6-7-39(55)48-38-24-52(5)40(49-38)36(54)16-28-15-34(50(3)22-28)42(57)47-30-17-35(51(4)23-30)41(56)46-19-27-8-10-29(44)11-9-27/h8-11,14-15,17-18,20,22-24,31H,1,6-7,12-13,16,19,21,44H2,2-5H3,(H,46,56)(H,47,57)(H,48,55)/t31-/m0/s1. The van der Waals surface area contributed by atoms with Crippen molar-refractivity contribution in [3.63, 3.8) is 0 Å². The first-order valence-corrected chi connectivity index (χ1v) is 19.1. The van der Waals surface area contributed by atoms with Crippen molar-refractivity contribution in [2.45, 2.75) is 45.2 Å². The molecule has 1 saturated heterocycles. The molecule has 59 heavy (non-hydrogen) atoms. The lowest BCUT2D eigenvalue weighted by Crippen LogP contribution is -2.35. The third-order valence-electron chi connectivity index (χ3n) is 10.2. The maximum atomic E-state index is 13.3. The molecule has 1 atom stereocenters. The highest BCUT2D eigenvalue weighted by molar-refractivity contribution is 6.05. The van der Waals surface area contributed by atoms with Crippen LogP contribution >= 0.6 is 0 Å². The molecule has 0 unspecified atom stereocenters. The Labute approximate surface area is 340 Å². The molecule has 4 amide bonds. The summed E-state index contributed by atoms with van der Waals surface area (Å²) >= 11 is 0. The van der Waals surface area contributed by atoms with Gasteiger partial charge in [0.2, 0.25) is 11.7 Å². The van der Waals surface area contributed by atoms with Gasteiger partial charge in [-0.3, -0.25) is 29.0 Å². The molecule has 2 aliphatic rings. The van der Waals surface area contributed by atoms with Crippen LogP contribution < -0.4 is 26.4 Å². The fourth-order valence-corrected chi connectivity index (χ4v) is 7.20. The van der Waals surface area contributed by atoms with E-state index in [2.05, 4.69) is 32.5 Å². The van der Waals surface area contributed by atoms with Gasteiger partial charge in [-0.1, -0.05) is 24.3 Å². The second-order valence-electron chi connectivity index (χ2n) is 15.0. The number of aryl methyl sites for hydroxylation is 4. The maximum absolute atomic E-state index is 13.3. The number of hydrogen-bond acceptors (Lipinski definition) is 9. The van der Waals surface area contributed by atoms with Gasteiger partial charge in [0.25, 0.3) is 17.7 Å². The van der Waals surface area contributed by atoms with Crippen LogP contribution in [0.2, 0.25) is 0 Å². The first-order valence-electron chi connectivity index (χ1n) is 19.1. The maximum Gasteiger partial charge on any atom is 0.272 e. The van der Waals surface area contributed by atoms with Crippen LogP contribution in [-0.4, -0.2) is 78.4 Å². The lowest BCUT2D eigenvalue weighted by Gasteiger charge is -2.20. The zero-order chi connectivity index (χ0) is 42.0. The summed E-state index contributed by atoms with van der Waals surface area (Å²) < 4.78 is 10.8. The highest BCUT2D eigenvalue weighted by Gasteiger charge is 2.34. The highest BCUT2D eigenvalue weighted by Crippen LogP contribution is 2.35. The zero-order valence-electron chi connectivity index (χ0n) is 33.4. The molecular weight excluding hydrogens is 753 g/mol. The number of nitrogens with one attached hydrogen (secondary N) is 3. The summed E-state index contributed by atoms with van der Waals surface area (Å²) in [5, 5.41) is 8.45. The van der Waals surface area contributed by atoms with Gasteiger partial charge in [-0.05, 0) is 66.8 Å². The van der Waals surface area contributed by atoms with Crippen LogP contribution in [-0.2, 0) is 38.9 Å². The molecule has 0 radical (unpaired) electrons. The number of Topliss-reactive ketones (excluding diaryl/α,β-unsaturated/α-hetero) is 1. The Morgan fingerprint density at radius 1 is 0.915 bits per heavy atom. The topological polar surface area (TPSA) is 200 Å². The third-order valence-corrected chi connectivity index (χ3v) is 10.2. The van der Waals surface area contributed by atoms with Gasteiger partial charge in [0.1, 0.15) is 17.1 Å². The highest BCUT2D eigenvalue weighted by atomic mass is 16.5. The van der Waals surface area contributed by atoms with Gasteiger partial charge in [-0.2, -0.15) is 0 Å². The second kappa shape index (κ2) is 16.7. The molecule has 2 aromatic carbocycles. The summed E-state index contributed by atoms with van der Waals surface area (Å²) in [6.07, 6.45) is 7.94. The quantitative estimate of drug-likeness (QED) is 0.0527. The Balaban J connectivity index is 0.882. The molecule has 5 aromatic rings. The molecule has 16 heteroatoms. The Hall–Kier alpha value is -7.23. The number of ketones is 1. The predicted molar refractivity (Wildman–Crippen MR) is 223 cm³/mol. The van der Waals surface area contributed by atoms with Crippen LogP contribution in [0.15, 0.2) is 84.3 Å². The number of benzene rings is 2. The molecule has 0 spiro atoms. The van der Waals surface area contributed by atoms with Crippen LogP contribution in [0.4, 0.5) is 22.9 Å². The van der Waals surface area contributed by atoms with Crippen LogP contribution in [0, 0.1) is 6.92 Å². The van der Waals surface area contributed by atoms with E-state index < -0.39 is 5.91 Å². The van der Waals surface area contributed by atoms with Gasteiger partial charge < -0.3 is 45.0 Å². The minimum absolute atomic E-state index is 0.0312. The number of nitrogens with zero attached hydrogens (tertiary/aromatic N) is 6. The minimum atomic E-state index is -0.413. The normalized spacial score (nSPS) is 14.4. The number of nitrogen functional groups attached to an aromatic ring is 1.